The lowest BCUT2D eigenvalue weighted by Gasteiger charge is -2.29. The summed E-state index contributed by atoms with van der Waals surface area (Å²) >= 11 is 0. The van der Waals surface area contributed by atoms with Gasteiger partial charge in [0.1, 0.15) is 19.6 Å². The minimum Gasteiger partial charge on any atom is -0.780 e. The maximum atomic E-state index is 13.1. The zero-order valence-electron chi connectivity index (χ0n) is 19.1. The van der Waals surface area contributed by atoms with Gasteiger partial charge < -0.3 is 29.1 Å². The molecule has 0 spiro atoms. The molecule has 1 N–H and O–H groups in total. The van der Waals surface area contributed by atoms with Crippen LogP contribution < -0.4 is 19.6 Å². The van der Waals surface area contributed by atoms with E-state index in [1.807, 2.05) is 12.1 Å². The first kappa shape index (κ1) is 25.0. The first-order chi connectivity index (χ1) is 15.4. The fourth-order valence-corrected chi connectivity index (χ4v) is 4.14. The highest BCUT2D eigenvalue weighted by Crippen LogP contribution is 2.29. The maximum Gasteiger partial charge on any atom is 0.251 e. The van der Waals surface area contributed by atoms with Gasteiger partial charge in [0.2, 0.25) is 5.91 Å². The van der Waals surface area contributed by atoms with Gasteiger partial charge in [0.05, 0.1) is 0 Å². The number of phosphoric acid groups is 1. The molecule has 0 bridgehead atoms. The number of likely N-dealkylation sites (tertiary alicyclic amines) is 1. The molecule has 8 nitrogen and oxygen atoms in total. The number of nitrogens with one attached hydrogen (secondary N) is 1. The molecule has 2 amide bonds. The lowest BCUT2D eigenvalue weighted by molar-refractivity contribution is -0.333. The molecule has 1 heterocycles. The van der Waals surface area contributed by atoms with Crippen molar-refractivity contribution >= 4 is 19.6 Å². The van der Waals surface area contributed by atoms with Crippen LogP contribution in [0.4, 0.5) is 0 Å². The number of carbonyl (C=O) groups is 2. The molecule has 3 rings (SSSR count). The van der Waals surface area contributed by atoms with Crippen LogP contribution in [0.2, 0.25) is 0 Å². The van der Waals surface area contributed by atoms with E-state index in [0.717, 1.165) is 18.4 Å². The zero-order chi connectivity index (χ0) is 24.2. The van der Waals surface area contributed by atoms with Gasteiger partial charge in [0.25, 0.3) is 5.91 Å². The van der Waals surface area contributed by atoms with E-state index in [4.69, 9.17) is 0 Å². The second-order valence-electron chi connectivity index (χ2n) is 9.29. The molecule has 1 fully saturated rings. The minimum absolute atomic E-state index is 0.0558. The largest absolute Gasteiger partial charge is 0.780 e. The van der Waals surface area contributed by atoms with Crippen LogP contribution in [0, 0.1) is 0 Å². The molecule has 1 saturated heterocycles. The van der Waals surface area contributed by atoms with E-state index in [0.29, 0.717) is 19.5 Å². The van der Waals surface area contributed by atoms with Gasteiger partial charge in [-0.05, 0) is 60.1 Å². The summed E-state index contributed by atoms with van der Waals surface area (Å²) in [7, 11) is -5.17. The highest BCUT2D eigenvalue weighted by atomic mass is 31.2. The lowest BCUT2D eigenvalue weighted by atomic mass is 9.87. The molecule has 0 radical (unpaired) electrons. The van der Waals surface area contributed by atoms with Crippen molar-refractivity contribution in [2.24, 2.45) is 0 Å². The average Bonchev–Trinajstić information content (AvgIpc) is 2.89. The van der Waals surface area contributed by atoms with Gasteiger partial charge in [-0.2, -0.15) is 0 Å². The molecule has 9 heteroatoms. The van der Waals surface area contributed by atoms with Crippen molar-refractivity contribution in [1.29, 1.82) is 0 Å². The summed E-state index contributed by atoms with van der Waals surface area (Å²) in [5, 5.41) is 2.79. The van der Waals surface area contributed by atoms with Gasteiger partial charge in [-0.1, -0.05) is 45.0 Å². The van der Waals surface area contributed by atoms with Gasteiger partial charge in [-0.25, -0.2) is 0 Å². The van der Waals surface area contributed by atoms with Crippen molar-refractivity contribution in [3.8, 4) is 5.75 Å². The molecular weight excluding hydrogens is 443 g/mol. The average molecular weight is 472 g/mol. The quantitative estimate of drug-likeness (QED) is 0.645. The summed E-state index contributed by atoms with van der Waals surface area (Å²) in [6, 6.07) is 12.7. The van der Waals surface area contributed by atoms with Crippen LogP contribution in [0.1, 0.15) is 61.5 Å². The second kappa shape index (κ2) is 10.1. The summed E-state index contributed by atoms with van der Waals surface area (Å²) in [6.07, 6.45) is 2.21. The number of amides is 2. The Morgan fingerprint density at radius 2 is 1.73 bits per heavy atom. The zero-order valence-corrected chi connectivity index (χ0v) is 20.0. The van der Waals surface area contributed by atoms with Gasteiger partial charge >= 0.3 is 0 Å². The molecule has 2 aromatic rings. The van der Waals surface area contributed by atoms with Crippen LogP contribution in [0.3, 0.4) is 0 Å². The fraction of sp³-hybridized carbons (Fsp3) is 0.417. The number of benzene rings is 2. The molecule has 0 unspecified atom stereocenters. The second-order valence-corrected chi connectivity index (χ2v) is 10.4. The Labute approximate surface area is 194 Å². The molecule has 1 aliphatic heterocycles. The molecular formula is C24H29N2O6P-2. The molecule has 33 heavy (non-hydrogen) atoms. The lowest BCUT2D eigenvalue weighted by Crippen LogP contribution is -2.47. The van der Waals surface area contributed by atoms with Crippen LogP contribution in [0.5, 0.6) is 5.75 Å². The molecule has 2 aromatic carbocycles. The van der Waals surface area contributed by atoms with Gasteiger partial charge in [-0.3, -0.25) is 9.59 Å². The first-order valence-corrected chi connectivity index (χ1v) is 12.4. The Kier molecular flexibility index (Phi) is 7.62. The SMILES string of the molecule is CC(C)(C)c1ccc(CN2CCCC[C@H](NC(=O)c3ccc(OP(=O)([O-])[O-])cc3)C2=O)cc1. The topological polar surface area (TPSA) is 122 Å². The third-order valence-corrected chi connectivity index (χ3v) is 6.05. The third kappa shape index (κ3) is 7.16. The van der Waals surface area contributed by atoms with Crippen LogP contribution in [0.15, 0.2) is 48.5 Å². The van der Waals surface area contributed by atoms with E-state index in [9.17, 15) is 23.9 Å². The molecule has 1 aliphatic rings. The smallest absolute Gasteiger partial charge is 0.251 e. The van der Waals surface area contributed by atoms with Crippen molar-refractivity contribution in [3.05, 3.63) is 65.2 Å². The predicted octanol–water partition coefficient (Wildman–Crippen LogP) is 2.50. The highest BCUT2D eigenvalue weighted by Gasteiger charge is 2.28. The molecule has 0 aliphatic carbocycles. The number of hydrogen-bond donors (Lipinski definition) is 1. The Bertz CT molecular complexity index is 1020. The summed E-state index contributed by atoms with van der Waals surface area (Å²) in [5.41, 5.74) is 2.55. The number of phosphoric ester groups is 1. The van der Waals surface area contributed by atoms with Crippen molar-refractivity contribution in [1.82, 2.24) is 10.2 Å². The maximum absolute atomic E-state index is 13.1. The number of rotatable bonds is 6. The fourth-order valence-electron chi connectivity index (χ4n) is 3.76. The van der Waals surface area contributed by atoms with Crippen LogP contribution in [0.25, 0.3) is 0 Å². The van der Waals surface area contributed by atoms with Crippen LogP contribution >= 0.6 is 7.82 Å². The summed E-state index contributed by atoms with van der Waals surface area (Å²) in [4.78, 5) is 49.0. The van der Waals surface area contributed by atoms with E-state index in [2.05, 4.69) is 42.7 Å². The number of hydrogen-bond acceptors (Lipinski definition) is 6. The summed E-state index contributed by atoms with van der Waals surface area (Å²) < 4.78 is 15.0. The van der Waals surface area contributed by atoms with E-state index < -0.39 is 19.8 Å². The number of nitrogens with zero attached hydrogens (tertiary/aromatic N) is 1. The number of carbonyl (C=O) groups excluding carboxylic acids is 2. The van der Waals surface area contributed by atoms with E-state index >= 15 is 0 Å². The Morgan fingerprint density at radius 1 is 1.09 bits per heavy atom. The van der Waals surface area contributed by atoms with Gasteiger partial charge in [0, 0.05) is 18.7 Å². The van der Waals surface area contributed by atoms with Crippen molar-refractivity contribution in [3.63, 3.8) is 0 Å². The Balaban J connectivity index is 1.65. The van der Waals surface area contributed by atoms with Gasteiger partial charge in [0.15, 0.2) is 0 Å². The van der Waals surface area contributed by atoms with Crippen molar-refractivity contribution in [2.45, 2.75) is 58.0 Å². The normalized spacial score (nSPS) is 17.4. The summed E-state index contributed by atoms with van der Waals surface area (Å²) in [6.45, 7) is 7.57. The molecule has 178 valence electrons. The van der Waals surface area contributed by atoms with Crippen molar-refractivity contribution < 1.29 is 28.5 Å². The van der Waals surface area contributed by atoms with E-state index in [-0.39, 0.29) is 22.6 Å². The minimum atomic E-state index is -5.17. The monoisotopic (exact) mass is 472 g/mol. The highest BCUT2D eigenvalue weighted by molar-refractivity contribution is 7.43. The molecule has 1 atom stereocenters. The third-order valence-electron chi connectivity index (χ3n) is 5.61. The Morgan fingerprint density at radius 3 is 2.30 bits per heavy atom. The van der Waals surface area contributed by atoms with Crippen LogP contribution in [-0.4, -0.2) is 29.3 Å². The standard InChI is InChI=1S/C24H31N2O6P/c1-24(2,3)19-11-7-17(8-12-19)16-26-15-5-4-6-21(23(26)28)25-22(27)18-9-13-20(14-10-18)32-33(29,30)31/h7-14,21H,4-6,15-16H2,1-3H3,(H,25,27)(H2,29,30,31)/p-2/t21-/m0/s1. The van der Waals surface area contributed by atoms with E-state index in [1.54, 1.807) is 4.90 Å². The Hall–Kier alpha value is -2.67. The van der Waals surface area contributed by atoms with E-state index in [1.165, 1.54) is 29.8 Å². The van der Waals surface area contributed by atoms with Crippen molar-refractivity contribution in [2.75, 3.05) is 6.54 Å². The summed E-state index contributed by atoms with van der Waals surface area (Å²) in [5.74, 6) is -0.753. The predicted molar refractivity (Wildman–Crippen MR) is 120 cm³/mol. The molecule has 0 aromatic heterocycles. The van der Waals surface area contributed by atoms with Crippen LogP contribution in [-0.2, 0) is 21.3 Å². The first-order valence-electron chi connectivity index (χ1n) is 10.9. The van der Waals surface area contributed by atoms with Gasteiger partial charge in [-0.15, -0.1) is 0 Å². The molecule has 0 saturated carbocycles.